The molecule has 1 aromatic carbocycles. The minimum atomic E-state index is -3.89. The van der Waals surface area contributed by atoms with Crippen LogP contribution >= 0.6 is 20.0 Å². The van der Waals surface area contributed by atoms with E-state index in [0.717, 1.165) is 0 Å². The molecular formula is C17H18ClN2O3P. The third-order valence-electron chi connectivity index (χ3n) is 2.93. The lowest BCUT2D eigenvalue weighted by Crippen LogP contribution is -1.84. The van der Waals surface area contributed by atoms with Gasteiger partial charge in [0.05, 0.1) is 6.16 Å². The Labute approximate surface area is 147 Å². The molecule has 24 heavy (non-hydrogen) atoms. The number of rotatable bonds is 3. The van der Waals surface area contributed by atoms with Crippen molar-refractivity contribution in [3.05, 3.63) is 84.9 Å². The second-order valence-electron chi connectivity index (χ2n) is 4.78. The van der Waals surface area contributed by atoms with Gasteiger partial charge in [0, 0.05) is 24.8 Å². The minimum Gasteiger partial charge on any atom is -0.324 e. The highest BCUT2D eigenvalue weighted by molar-refractivity contribution is 7.50. The summed E-state index contributed by atoms with van der Waals surface area (Å²) in [6, 6.07) is 16.6. The van der Waals surface area contributed by atoms with Crippen molar-refractivity contribution >= 4 is 20.0 Å². The SMILES string of the molecule is Cl.O=P(O)(O)Cc1ccccc1.c1cc(-c2ccncc2)ccn1. The van der Waals surface area contributed by atoms with Gasteiger partial charge < -0.3 is 9.79 Å². The molecule has 0 fully saturated rings. The van der Waals surface area contributed by atoms with E-state index in [0.29, 0.717) is 5.56 Å². The molecule has 2 heterocycles. The van der Waals surface area contributed by atoms with Gasteiger partial charge in [-0.25, -0.2) is 0 Å². The predicted octanol–water partition coefficient (Wildman–Crippen LogP) is 3.93. The summed E-state index contributed by atoms with van der Waals surface area (Å²) in [7, 11) is -3.89. The Morgan fingerprint density at radius 3 is 1.54 bits per heavy atom. The van der Waals surface area contributed by atoms with Crippen molar-refractivity contribution in [2.45, 2.75) is 6.16 Å². The van der Waals surface area contributed by atoms with Gasteiger partial charge in [-0.2, -0.15) is 0 Å². The molecule has 5 nitrogen and oxygen atoms in total. The lowest BCUT2D eigenvalue weighted by Gasteiger charge is -2.01. The number of hydrogen-bond donors (Lipinski definition) is 2. The molecule has 0 unspecified atom stereocenters. The zero-order valence-corrected chi connectivity index (χ0v) is 14.5. The smallest absolute Gasteiger partial charge is 0.324 e. The lowest BCUT2D eigenvalue weighted by atomic mass is 10.1. The molecule has 0 saturated carbocycles. The van der Waals surface area contributed by atoms with Gasteiger partial charge in [-0.3, -0.25) is 14.5 Å². The van der Waals surface area contributed by atoms with E-state index in [1.54, 1.807) is 49.1 Å². The van der Waals surface area contributed by atoms with Crippen LogP contribution in [-0.4, -0.2) is 19.8 Å². The molecule has 3 rings (SSSR count). The average Bonchev–Trinajstić information content (AvgIpc) is 2.56. The molecule has 0 aliphatic rings. The highest BCUT2D eigenvalue weighted by Crippen LogP contribution is 2.38. The molecule has 2 aromatic heterocycles. The van der Waals surface area contributed by atoms with Gasteiger partial charge in [0.2, 0.25) is 0 Å². The van der Waals surface area contributed by atoms with Gasteiger partial charge in [0.1, 0.15) is 0 Å². The number of pyridine rings is 2. The van der Waals surface area contributed by atoms with Crippen LogP contribution in [0.15, 0.2) is 79.4 Å². The topological polar surface area (TPSA) is 83.3 Å². The first-order valence-electron chi connectivity index (χ1n) is 6.93. The van der Waals surface area contributed by atoms with Crippen LogP contribution in [0.3, 0.4) is 0 Å². The van der Waals surface area contributed by atoms with Crippen molar-refractivity contribution in [2.75, 3.05) is 0 Å². The maximum absolute atomic E-state index is 10.5. The van der Waals surface area contributed by atoms with E-state index in [2.05, 4.69) is 9.97 Å². The molecule has 0 radical (unpaired) electrons. The van der Waals surface area contributed by atoms with Crippen LogP contribution in [-0.2, 0) is 10.7 Å². The third kappa shape index (κ3) is 7.49. The van der Waals surface area contributed by atoms with Crippen molar-refractivity contribution in [3.8, 4) is 11.1 Å². The fourth-order valence-electron chi connectivity index (χ4n) is 1.91. The molecule has 0 bridgehead atoms. The first kappa shape index (κ1) is 20.0. The summed E-state index contributed by atoms with van der Waals surface area (Å²) in [4.78, 5) is 25.1. The van der Waals surface area contributed by atoms with Crippen LogP contribution in [0.25, 0.3) is 11.1 Å². The second kappa shape index (κ2) is 9.96. The Balaban J connectivity index is 0.000000232. The second-order valence-corrected chi connectivity index (χ2v) is 6.43. The van der Waals surface area contributed by atoms with Crippen LogP contribution in [0.5, 0.6) is 0 Å². The first-order valence-corrected chi connectivity index (χ1v) is 8.73. The van der Waals surface area contributed by atoms with E-state index in [1.807, 2.05) is 30.3 Å². The minimum absolute atomic E-state index is 0. The molecule has 0 atom stereocenters. The van der Waals surface area contributed by atoms with Crippen LogP contribution in [0.2, 0.25) is 0 Å². The largest absolute Gasteiger partial charge is 0.329 e. The van der Waals surface area contributed by atoms with Crippen molar-refractivity contribution in [1.82, 2.24) is 9.97 Å². The van der Waals surface area contributed by atoms with Crippen LogP contribution in [0.4, 0.5) is 0 Å². The number of benzene rings is 1. The van der Waals surface area contributed by atoms with E-state index in [-0.39, 0.29) is 18.6 Å². The fourth-order valence-corrected chi connectivity index (χ4v) is 2.60. The summed E-state index contributed by atoms with van der Waals surface area (Å²) in [5, 5.41) is 0. The number of halogens is 1. The normalized spacial score (nSPS) is 10.1. The molecule has 7 heteroatoms. The lowest BCUT2D eigenvalue weighted by molar-refractivity contribution is 0.371. The number of nitrogens with zero attached hydrogens (tertiary/aromatic N) is 2. The van der Waals surface area contributed by atoms with Gasteiger partial charge in [-0.1, -0.05) is 30.3 Å². The standard InChI is InChI=1S/C10H8N2.C7H9O3P.ClH/c1-5-11-6-2-9(1)10-3-7-12-8-4-10;8-11(9,10)6-7-4-2-1-3-5-7;/h1-8H;1-5H,6H2,(H2,8,9,10);1H. The predicted molar refractivity (Wildman–Crippen MR) is 96.9 cm³/mol. The molecule has 0 saturated heterocycles. The monoisotopic (exact) mass is 364 g/mol. The molecule has 2 N–H and O–H groups in total. The van der Waals surface area contributed by atoms with Gasteiger partial charge >= 0.3 is 7.60 Å². The van der Waals surface area contributed by atoms with Crippen molar-refractivity contribution < 1.29 is 14.4 Å². The molecule has 126 valence electrons. The Hall–Kier alpha value is -2.04. The Morgan fingerprint density at radius 1 is 0.750 bits per heavy atom. The summed E-state index contributed by atoms with van der Waals surface area (Å²) in [5.74, 6) is 0. The molecule has 0 spiro atoms. The molecule has 3 aromatic rings. The maximum Gasteiger partial charge on any atom is 0.329 e. The Morgan fingerprint density at radius 2 is 1.17 bits per heavy atom. The molecule has 0 amide bonds. The van der Waals surface area contributed by atoms with Gasteiger partial charge in [0.25, 0.3) is 0 Å². The Bertz CT molecular complexity index is 715. The summed E-state index contributed by atoms with van der Waals surface area (Å²) < 4.78 is 10.5. The van der Waals surface area contributed by atoms with Crippen molar-refractivity contribution in [3.63, 3.8) is 0 Å². The van der Waals surface area contributed by atoms with Crippen LogP contribution < -0.4 is 0 Å². The zero-order chi connectivity index (χ0) is 16.5. The summed E-state index contributed by atoms with van der Waals surface area (Å²) in [6.45, 7) is 0. The fraction of sp³-hybridized carbons (Fsp3) is 0.0588. The average molecular weight is 365 g/mol. The zero-order valence-electron chi connectivity index (χ0n) is 12.8. The first-order chi connectivity index (χ1) is 11.0. The van der Waals surface area contributed by atoms with E-state index in [4.69, 9.17) is 9.79 Å². The van der Waals surface area contributed by atoms with E-state index in [1.165, 1.54) is 11.1 Å². The van der Waals surface area contributed by atoms with Gasteiger partial charge in [0.15, 0.2) is 0 Å². The number of aromatic nitrogens is 2. The number of hydrogen-bond acceptors (Lipinski definition) is 3. The summed E-state index contributed by atoms with van der Waals surface area (Å²) >= 11 is 0. The highest BCUT2D eigenvalue weighted by atomic mass is 35.5. The van der Waals surface area contributed by atoms with Crippen LogP contribution in [0, 0.1) is 0 Å². The highest BCUT2D eigenvalue weighted by Gasteiger charge is 2.12. The van der Waals surface area contributed by atoms with Crippen LogP contribution in [0.1, 0.15) is 5.56 Å². The van der Waals surface area contributed by atoms with Crippen molar-refractivity contribution in [2.24, 2.45) is 0 Å². The molecule has 0 aliphatic heterocycles. The van der Waals surface area contributed by atoms with Gasteiger partial charge in [-0.15, -0.1) is 12.4 Å². The third-order valence-corrected chi connectivity index (χ3v) is 3.70. The van der Waals surface area contributed by atoms with E-state index >= 15 is 0 Å². The van der Waals surface area contributed by atoms with E-state index < -0.39 is 7.60 Å². The Kier molecular flexibility index (Phi) is 8.30. The summed E-state index contributed by atoms with van der Waals surface area (Å²) in [5.41, 5.74) is 3.01. The molecular weight excluding hydrogens is 347 g/mol. The van der Waals surface area contributed by atoms with E-state index in [9.17, 15) is 4.57 Å². The quantitative estimate of drug-likeness (QED) is 0.688. The van der Waals surface area contributed by atoms with Gasteiger partial charge in [-0.05, 0) is 41.0 Å². The maximum atomic E-state index is 10.5. The molecule has 0 aliphatic carbocycles. The van der Waals surface area contributed by atoms with Crippen molar-refractivity contribution in [1.29, 1.82) is 0 Å². The summed E-state index contributed by atoms with van der Waals surface area (Å²) in [6.07, 6.45) is 6.98.